The average Bonchev–Trinajstić information content (AvgIpc) is 2.38. The van der Waals surface area contributed by atoms with Crippen LogP contribution in [-0.4, -0.2) is 15.9 Å². The van der Waals surface area contributed by atoms with Gasteiger partial charge in [-0.2, -0.15) is 5.48 Å². The molecule has 0 bridgehead atoms. The van der Waals surface area contributed by atoms with Crippen molar-refractivity contribution in [3.05, 3.63) is 43.0 Å². The summed E-state index contributed by atoms with van der Waals surface area (Å²) in [5, 5.41) is 0. The normalized spacial score (nSPS) is 9.71. The zero-order valence-corrected chi connectivity index (χ0v) is 9.25. The van der Waals surface area contributed by atoms with Crippen LogP contribution < -0.4 is 10.3 Å². The minimum atomic E-state index is -0.251. The molecule has 0 aliphatic carbocycles. The van der Waals surface area contributed by atoms with Gasteiger partial charge in [0, 0.05) is 24.9 Å². The van der Waals surface area contributed by atoms with E-state index in [9.17, 15) is 4.79 Å². The first-order valence-corrected chi connectivity index (χ1v) is 5.04. The minimum absolute atomic E-state index is 0.251. The van der Waals surface area contributed by atoms with Crippen LogP contribution in [0.4, 0.5) is 0 Å². The number of amides is 1. The molecule has 0 atom stereocenters. The molecule has 0 saturated heterocycles. The highest BCUT2D eigenvalue weighted by Gasteiger charge is 2.01. The van der Waals surface area contributed by atoms with Crippen molar-refractivity contribution in [2.24, 2.45) is 0 Å². The molecule has 1 aromatic heterocycles. The third-order valence-corrected chi connectivity index (χ3v) is 2.04. The van der Waals surface area contributed by atoms with Gasteiger partial charge in [-0.1, -0.05) is 12.1 Å². The van der Waals surface area contributed by atoms with E-state index in [0.29, 0.717) is 5.75 Å². The van der Waals surface area contributed by atoms with Gasteiger partial charge in [0.15, 0.2) is 5.75 Å². The van der Waals surface area contributed by atoms with E-state index in [1.54, 1.807) is 24.5 Å². The van der Waals surface area contributed by atoms with E-state index in [1.165, 1.54) is 13.3 Å². The van der Waals surface area contributed by atoms with Crippen molar-refractivity contribution in [3.63, 3.8) is 0 Å². The molecule has 0 aliphatic rings. The fourth-order valence-corrected chi connectivity index (χ4v) is 1.32. The van der Waals surface area contributed by atoms with Crippen LogP contribution >= 0.6 is 0 Å². The molecule has 2 rings (SSSR count). The van der Waals surface area contributed by atoms with Crippen molar-refractivity contribution in [1.82, 2.24) is 15.4 Å². The van der Waals surface area contributed by atoms with Crippen LogP contribution in [0.1, 0.15) is 6.92 Å². The summed E-state index contributed by atoms with van der Waals surface area (Å²) >= 11 is 0. The topological polar surface area (TPSA) is 64.1 Å². The third kappa shape index (κ3) is 3.01. The molecule has 86 valence electrons. The summed E-state index contributed by atoms with van der Waals surface area (Å²) in [5.74, 6) is 0.306. The Morgan fingerprint density at radius 3 is 2.71 bits per heavy atom. The predicted octanol–water partition coefficient (Wildman–Crippen LogP) is 1.57. The SMILES string of the molecule is CC(=O)NOc1cccc(-c2cncnc2)c1. The van der Waals surface area contributed by atoms with Gasteiger partial charge in [0.05, 0.1) is 0 Å². The predicted molar refractivity (Wildman–Crippen MR) is 61.9 cm³/mol. The average molecular weight is 229 g/mol. The first-order chi connectivity index (χ1) is 8.25. The number of hydrogen-bond donors (Lipinski definition) is 1. The van der Waals surface area contributed by atoms with E-state index < -0.39 is 0 Å². The Hall–Kier alpha value is -2.43. The molecule has 0 radical (unpaired) electrons. The summed E-state index contributed by atoms with van der Waals surface area (Å²) < 4.78 is 0. The second-order valence-electron chi connectivity index (χ2n) is 3.42. The van der Waals surface area contributed by atoms with Gasteiger partial charge in [0.25, 0.3) is 0 Å². The summed E-state index contributed by atoms with van der Waals surface area (Å²) in [6.45, 7) is 1.38. The molecule has 0 saturated carbocycles. The van der Waals surface area contributed by atoms with E-state index in [1.807, 2.05) is 12.1 Å². The molecule has 0 spiro atoms. The Morgan fingerprint density at radius 2 is 2.00 bits per heavy atom. The van der Waals surface area contributed by atoms with Crippen LogP contribution in [-0.2, 0) is 4.79 Å². The molecular formula is C12H11N3O2. The van der Waals surface area contributed by atoms with Gasteiger partial charge < -0.3 is 4.84 Å². The van der Waals surface area contributed by atoms with Crippen LogP contribution in [0.15, 0.2) is 43.0 Å². The lowest BCUT2D eigenvalue weighted by atomic mass is 10.1. The maximum absolute atomic E-state index is 10.7. The number of aromatic nitrogens is 2. The second-order valence-corrected chi connectivity index (χ2v) is 3.42. The van der Waals surface area contributed by atoms with Crippen LogP contribution in [0.3, 0.4) is 0 Å². The smallest absolute Gasteiger partial charge is 0.249 e. The fourth-order valence-electron chi connectivity index (χ4n) is 1.32. The number of nitrogens with zero attached hydrogens (tertiary/aromatic N) is 2. The van der Waals surface area contributed by atoms with Gasteiger partial charge in [0.1, 0.15) is 6.33 Å². The maximum Gasteiger partial charge on any atom is 0.249 e. The second kappa shape index (κ2) is 5.07. The summed E-state index contributed by atoms with van der Waals surface area (Å²) in [6.07, 6.45) is 4.90. The Morgan fingerprint density at radius 1 is 1.24 bits per heavy atom. The number of nitrogens with one attached hydrogen (secondary N) is 1. The van der Waals surface area contributed by atoms with E-state index in [0.717, 1.165) is 11.1 Å². The molecule has 1 N–H and O–H groups in total. The standard InChI is InChI=1S/C12H11N3O2/c1-9(16)15-17-12-4-2-3-10(5-12)11-6-13-8-14-7-11/h2-8H,1H3,(H,15,16). The van der Waals surface area contributed by atoms with Gasteiger partial charge in [-0.3, -0.25) is 4.79 Å². The van der Waals surface area contributed by atoms with Crippen molar-refractivity contribution in [3.8, 4) is 16.9 Å². The summed E-state index contributed by atoms with van der Waals surface area (Å²) in [4.78, 5) is 23.7. The third-order valence-electron chi connectivity index (χ3n) is 2.04. The Balaban J connectivity index is 2.20. The van der Waals surface area contributed by atoms with Crippen LogP contribution in [0.25, 0.3) is 11.1 Å². The number of carbonyl (C=O) groups is 1. The molecule has 0 aliphatic heterocycles. The molecule has 0 unspecified atom stereocenters. The first kappa shape index (κ1) is 11.1. The molecule has 5 nitrogen and oxygen atoms in total. The number of rotatable bonds is 3. The van der Waals surface area contributed by atoms with Crippen molar-refractivity contribution in [2.75, 3.05) is 0 Å². The summed E-state index contributed by atoms with van der Waals surface area (Å²) in [7, 11) is 0. The van der Waals surface area contributed by atoms with Crippen molar-refractivity contribution < 1.29 is 9.63 Å². The van der Waals surface area contributed by atoms with Crippen LogP contribution in [0.2, 0.25) is 0 Å². The zero-order chi connectivity index (χ0) is 12.1. The summed E-state index contributed by atoms with van der Waals surface area (Å²) in [5.41, 5.74) is 4.08. The van der Waals surface area contributed by atoms with Gasteiger partial charge >= 0.3 is 0 Å². The lowest BCUT2D eigenvalue weighted by Crippen LogP contribution is -2.23. The molecule has 1 amide bonds. The molecular weight excluding hydrogens is 218 g/mol. The highest BCUT2D eigenvalue weighted by Crippen LogP contribution is 2.21. The van der Waals surface area contributed by atoms with Gasteiger partial charge in [-0.25, -0.2) is 9.97 Å². The number of benzene rings is 1. The van der Waals surface area contributed by atoms with Gasteiger partial charge in [0.2, 0.25) is 5.91 Å². The molecule has 1 heterocycles. The number of hydroxylamine groups is 1. The largest absolute Gasteiger partial charge is 0.380 e. The zero-order valence-electron chi connectivity index (χ0n) is 9.25. The molecule has 5 heteroatoms. The Labute approximate surface area is 98.4 Å². The van der Waals surface area contributed by atoms with E-state index >= 15 is 0 Å². The first-order valence-electron chi connectivity index (χ1n) is 5.04. The number of hydrogen-bond acceptors (Lipinski definition) is 4. The molecule has 1 aromatic carbocycles. The molecule has 0 fully saturated rings. The minimum Gasteiger partial charge on any atom is -0.380 e. The molecule has 17 heavy (non-hydrogen) atoms. The Bertz CT molecular complexity index is 514. The summed E-state index contributed by atoms with van der Waals surface area (Å²) in [6, 6.07) is 7.30. The van der Waals surface area contributed by atoms with E-state index in [-0.39, 0.29) is 5.91 Å². The fraction of sp³-hybridized carbons (Fsp3) is 0.0833. The van der Waals surface area contributed by atoms with Crippen molar-refractivity contribution in [1.29, 1.82) is 0 Å². The van der Waals surface area contributed by atoms with Gasteiger partial charge in [-0.15, -0.1) is 0 Å². The van der Waals surface area contributed by atoms with Crippen LogP contribution in [0, 0.1) is 0 Å². The number of carbonyl (C=O) groups excluding carboxylic acids is 1. The maximum atomic E-state index is 10.7. The lowest BCUT2D eigenvalue weighted by Gasteiger charge is -2.06. The quantitative estimate of drug-likeness (QED) is 0.811. The molecule has 2 aromatic rings. The Kier molecular flexibility index (Phi) is 3.30. The van der Waals surface area contributed by atoms with E-state index in [2.05, 4.69) is 15.4 Å². The highest BCUT2D eigenvalue weighted by molar-refractivity contribution is 5.72. The van der Waals surface area contributed by atoms with Crippen molar-refractivity contribution >= 4 is 5.91 Å². The van der Waals surface area contributed by atoms with Gasteiger partial charge in [-0.05, 0) is 17.7 Å². The highest BCUT2D eigenvalue weighted by atomic mass is 16.7. The van der Waals surface area contributed by atoms with Crippen LogP contribution in [0.5, 0.6) is 5.75 Å². The monoisotopic (exact) mass is 229 g/mol. The van der Waals surface area contributed by atoms with E-state index in [4.69, 9.17) is 4.84 Å². The lowest BCUT2D eigenvalue weighted by molar-refractivity contribution is -0.125. The van der Waals surface area contributed by atoms with Crippen molar-refractivity contribution in [2.45, 2.75) is 6.92 Å².